The fourth-order valence-electron chi connectivity index (χ4n) is 1.09. The highest BCUT2D eigenvalue weighted by atomic mass is 35.5. The lowest BCUT2D eigenvalue weighted by Crippen LogP contribution is -1.89. The van der Waals surface area contributed by atoms with Crippen LogP contribution in [0.4, 0.5) is 10.1 Å². The lowest BCUT2D eigenvalue weighted by molar-refractivity contribution is 0.644. The third-order valence-electron chi connectivity index (χ3n) is 1.65. The number of benzene rings is 1. The Morgan fingerprint density at radius 1 is 1.50 bits per heavy atom. The van der Waals surface area contributed by atoms with Gasteiger partial charge in [-0.15, -0.1) is 11.3 Å². The van der Waals surface area contributed by atoms with Gasteiger partial charge in [0, 0.05) is 5.39 Å². The maximum atomic E-state index is 13.2. The first-order chi connectivity index (χ1) is 5.70. The molecule has 1 aromatic heterocycles. The standard InChI is InChI=1S/C8H5ClFNS/c9-5-3-6(11)7(10)4-1-2-12-8(4)5/h1-3H,11H2. The van der Waals surface area contributed by atoms with Crippen molar-refractivity contribution in [3.63, 3.8) is 0 Å². The molecule has 0 radical (unpaired) electrons. The Labute approximate surface area is 77.6 Å². The van der Waals surface area contributed by atoms with Crippen molar-refractivity contribution in [2.75, 3.05) is 5.73 Å². The molecule has 0 bridgehead atoms. The first kappa shape index (κ1) is 7.83. The first-order valence-electron chi connectivity index (χ1n) is 3.31. The van der Waals surface area contributed by atoms with Crippen LogP contribution in [0.25, 0.3) is 10.1 Å². The monoisotopic (exact) mass is 201 g/mol. The molecule has 0 aliphatic rings. The number of nitrogen functional groups attached to an aromatic ring is 1. The molecule has 0 spiro atoms. The molecular weight excluding hydrogens is 197 g/mol. The first-order valence-corrected chi connectivity index (χ1v) is 4.56. The summed E-state index contributed by atoms with van der Waals surface area (Å²) in [6.45, 7) is 0. The fourth-order valence-corrected chi connectivity index (χ4v) is 2.24. The zero-order valence-electron chi connectivity index (χ0n) is 5.97. The van der Waals surface area contributed by atoms with Crippen LogP contribution in [-0.4, -0.2) is 0 Å². The fraction of sp³-hybridized carbons (Fsp3) is 0. The van der Waals surface area contributed by atoms with Crippen LogP contribution in [0.2, 0.25) is 5.02 Å². The number of fused-ring (bicyclic) bond motifs is 1. The van der Waals surface area contributed by atoms with Gasteiger partial charge in [-0.05, 0) is 17.5 Å². The van der Waals surface area contributed by atoms with Gasteiger partial charge in [0.1, 0.15) is 0 Å². The molecule has 2 rings (SSSR count). The van der Waals surface area contributed by atoms with Crippen LogP contribution < -0.4 is 5.73 Å². The van der Waals surface area contributed by atoms with Crippen molar-refractivity contribution in [1.29, 1.82) is 0 Å². The van der Waals surface area contributed by atoms with Crippen molar-refractivity contribution in [2.24, 2.45) is 0 Å². The normalized spacial score (nSPS) is 10.8. The van der Waals surface area contributed by atoms with E-state index >= 15 is 0 Å². The average Bonchev–Trinajstić information content (AvgIpc) is 2.48. The molecule has 1 aromatic carbocycles. The van der Waals surface area contributed by atoms with Crippen LogP contribution in [0.3, 0.4) is 0 Å². The predicted octanol–water partition coefficient (Wildman–Crippen LogP) is 3.28. The molecule has 1 nitrogen and oxygen atoms in total. The highest BCUT2D eigenvalue weighted by Gasteiger charge is 2.09. The molecule has 0 unspecified atom stereocenters. The molecule has 2 aromatic rings. The van der Waals surface area contributed by atoms with Gasteiger partial charge in [0.05, 0.1) is 15.4 Å². The van der Waals surface area contributed by atoms with Crippen molar-refractivity contribution in [3.8, 4) is 0 Å². The second-order valence-corrected chi connectivity index (χ2v) is 3.75. The Morgan fingerprint density at radius 2 is 2.25 bits per heavy atom. The summed E-state index contributed by atoms with van der Waals surface area (Å²) >= 11 is 7.25. The van der Waals surface area contributed by atoms with E-state index in [0.717, 1.165) is 4.70 Å². The third-order valence-corrected chi connectivity index (χ3v) is 3.01. The smallest absolute Gasteiger partial charge is 0.154 e. The number of anilines is 1. The minimum Gasteiger partial charge on any atom is -0.396 e. The van der Waals surface area contributed by atoms with E-state index in [1.54, 1.807) is 11.4 Å². The van der Waals surface area contributed by atoms with E-state index in [0.29, 0.717) is 10.4 Å². The van der Waals surface area contributed by atoms with Gasteiger partial charge < -0.3 is 5.73 Å². The molecule has 0 fully saturated rings. The molecule has 4 heteroatoms. The third kappa shape index (κ3) is 0.974. The summed E-state index contributed by atoms with van der Waals surface area (Å²) in [6.07, 6.45) is 0. The van der Waals surface area contributed by atoms with Crippen molar-refractivity contribution < 1.29 is 4.39 Å². The van der Waals surface area contributed by atoms with Gasteiger partial charge in [-0.2, -0.15) is 0 Å². The van der Waals surface area contributed by atoms with E-state index < -0.39 is 0 Å². The van der Waals surface area contributed by atoms with Crippen LogP contribution in [0.5, 0.6) is 0 Å². The van der Waals surface area contributed by atoms with Gasteiger partial charge in [-0.1, -0.05) is 11.6 Å². The molecule has 0 amide bonds. The summed E-state index contributed by atoms with van der Waals surface area (Å²) in [5.74, 6) is -0.379. The number of rotatable bonds is 0. The highest BCUT2D eigenvalue weighted by molar-refractivity contribution is 7.17. The van der Waals surface area contributed by atoms with Crippen LogP contribution in [0.15, 0.2) is 17.5 Å². The van der Waals surface area contributed by atoms with Gasteiger partial charge >= 0.3 is 0 Å². The summed E-state index contributed by atoms with van der Waals surface area (Å²) < 4.78 is 14.0. The second-order valence-electron chi connectivity index (χ2n) is 2.42. The van der Waals surface area contributed by atoms with Crippen molar-refractivity contribution in [3.05, 3.63) is 28.4 Å². The van der Waals surface area contributed by atoms with Gasteiger partial charge in [0.25, 0.3) is 0 Å². The average molecular weight is 202 g/mol. The Hall–Kier alpha value is -0.800. The molecule has 12 heavy (non-hydrogen) atoms. The Morgan fingerprint density at radius 3 is 3.00 bits per heavy atom. The Kier molecular flexibility index (Phi) is 1.70. The van der Waals surface area contributed by atoms with Crippen molar-refractivity contribution >= 4 is 38.7 Å². The zero-order chi connectivity index (χ0) is 8.72. The molecule has 62 valence electrons. The minimum absolute atomic E-state index is 0.103. The zero-order valence-corrected chi connectivity index (χ0v) is 7.55. The van der Waals surface area contributed by atoms with E-state index in [4.69, 9.17) is 17.3 Å². The number of thiophene rings is 1. The number of nitrogens with two attached hydrogens (primary N) is 1. The second kappa shape index (κ2) is 2.61. The molecule has 1 heterocycles. The van der Waals surface area contributed by atoms with Crippen molar-refractivity contribution in [2.45, 2.75) is 0 Å². The van der Waals surface area contributed by atoms with Crippen LogP contribution in [0.1, 0.15) is 0 Å². The molecular formula is C8H5ClFNS. The van der Waals surface area contributed by atoms with Crippen LogP contribution >= 0.6 is 22.9 Å². The topological polar surface area (TPSA) is 26.0 Å². The molecule has 0 atom stereocenters. The van der Waals surface area contributed by atoms with E-state index in [1.165, 1.54) is 17.4 Å². The van der Waals surface area contributed by atoms with E-state index in [1.807, 2.05) is 0 Å². The molecule has 0 aliphatic heterocycles. The Balaban J connectivity index is 2.97. The van der Waals surface area contributed by atoms with Gasteiger partial charge in [0.2, 0.25) is 0 Å². The van der Waals surface area contributed by atoms with E-state index in [2.05, 4.69) is 0 Å². The highest BCUT2D eigenvalue weighted by Crippen LogP contribution is 2.33. The maximum absolute atomic E-state index is 13.2. The quantitative estimate of drug-likeness (QED) is 0.651. The van der Waals surface area contributed by atoms with E-state index in [9.17, 15) is 4.39 Å². The van der Waals surface area contributed by atoms with Crippen molar-refractivity contribution in [1.82, 2.24) is 0 Å². The minimum atomic E-state index is -0.379. The molecule has 0 aliphatic carbocycles. The number of hydrogen-bond donors (Lipinski definition) is 1. The van der Waals surface area contributed by atoms with Gasteiger partial charge in [-0.3, -0.25) is 0 Å². The lowest BCUT2D eigenvalue weighted by atomic mass is 10.2. The largest absolute Gasteiger partial charge is 0.396 e. The summed E-state index contributed by atoms with van der Waals surface area (Å²) in [5.41, 5.74) is 5.49. The van der Waals surface area contributed by atoms with Crippen LogP contribution in [0, 0.1) is 5.82 Å². The predicted molar refractivity (Wildman–Crippen MR) is 51.2 cm³/mol. The summed E-state index contributed by atoms with van der Waals surface area (Å²) in [6, 6.07) is 3.12. The molecule has 0 saturated heterocycles. The SMILES string of the molecule is Nc1cc(Cl)c2sccc2c1F. The summed E-state index contributed by atoms with van der Waals surface area (Å²) in [7, 11) is 0. The Bertz CT molecular complexity index is 438. The lowest BCUT2D eigenvalue weighted by Gasteiger charge is -1.99. The molecule has 2 N–H and O–H groups in total. The van der Waals surface area contributed by atoms with E-state index in [-0.39, 0.29) is 11.5 Å². The molecule has 0 saturated carbocycles. The summed E-state index contributed by atoms with van der Waals surface area (Å²) in [5, 5.41) is 2.81. The van der Waals surface area contributed by atoms with Crippen LogP contribution in [-0.2, 0) is 0 Å². The summed E-state index contributed by atoms with van der Waals surface area (Å²) in [4.78, 5) is 0. The van der Waals surface area contributed by atoms with Gasteiger partial charge in [-0.25, -0.2) is 4.39 Å². The number of halogens is 2. The maximum Gasteiger partial charge on any atom is 0.154 e. The van der Waals surface area contributed by atoms with Gasteiger partial charge in [0.15, 0.2) is 5.82 Å². The number of hydrogen-bond acceptors (Lipinski definition) is 2.